The molecule has 6 nitrogen and oxygen atoms in total. The number of hydrogen-bond acceptors (Lipinski definition) is 4. The Morgan fingerprint density at radius 3 is 2.94 bits per heavy atom. The van der Waals surface area contributed by atoms with Gasteiger partial charge in [0.25, 0.3) is 0 Å². The summed E-state index contributed by atoms with van der Waals surface area (Å²) in [5.74, 6) is -0.593. The molecular weight excluding hydrogens is 222 g/mol. The Labute approximate surface area is 97.9 Å². The van der Waals surface area contributed by atoms with Gasteiger partial charge in [-0.25, -0.2) is 14.8 Å². The molecule has 2 aromatic heterocycles. The Morgan fingerprint density at radius 2 is 2.35 bits per heavy atom. The van der Waals surface area contributed by atoms with Crippen molar-refractivity contribution in [3.05, 3.63) is 29.3 Å². The predicted octanol–water partition coefficient (Wildman–Crippen LogP) is 1.14. The van der Waals surface area contributed by atoms with Crippen molar-refractivity contribution < 1.29 is 14.6 Å². The number of methoxy groups -OCH3 is 1. The third kappa shape index (κ3) is 1.99. The number of imidazole rings is 1. The topological polar surface area (TPSA) is 76.7 Å². The van der Waals surface area contributed by atoms with Gasteiger partial charge in [0.15, 0.2) is 5.69 Å². The third-order valence-corrected chi connectivity index (χ3v) is 2.45. The number of carbonyl (C=O) groups is 1. The number of aryl methyl sites for hydroxylation is 1. The van der Waals surface area contributed by atoms with Crippen molar-refractivity contribution in [3.8, 4) is 0 Å². The molecule has 0 fully saturated rings. The van der Waals surface area contributed by atoms with Crippen molar-refractivity contribution in [1.29, 1.82) is 0 Å². The van der Waals surface area contributed by atoms with E-state index in [1.54, 1.807) is 19.5 Å². The Hall–Kier alpha value is -1.95. The Morgan fingerprint density at radius 1 is 1.59 bits per heavy atom. The molecule has 0 aliphatic rings. The first kappa shape index (κ1) is 11.5. The lowest BCUT2D eigenvalue weighted by molar-refractivity contribution is 0.0688. The van der Waals surface area contributed by atoms with Gasteiger partial charge in [0, 0.05) is 25.1 Å². The van der Waals surface area contributed by atoms with Crippen LogP contribution in [0, 0.1) is 0 Å². The van der Waals surface area contributed by atoms with Crippen LogP contribution in [0.15, 0.2) is 12.4 Å². The zero-order valence-corrected chi connectivity index (χ0v) is 9.67. The van der Waals surface area contributed by atoms with E-state index in [9.17, 15) is 9.90 Å². The standard InChI is InChI=1S/C11H13N3O3/c1-3-8-9(10(15)16)14-5-7(6-17-2)4-12-11(14)13-8/h4-5H,3,6H2,1-2H3,(H,15,16). The highest BCUT2D eigenvalue weighted by Gasteiger charge is 2.17. The number of aromatic carboxylic acids is 1. The summed E-state index contributed by atoms with van der Waals surface area (Å²) in [5, 5.41) is 9.18. The zero-order chi connectivity index (χ0) is 12.4. The van der Waals surface area contributed by atoms with E-state index in [0.717, 1.165) is 5.56 Å². The third-order valence-electron chi connectivity index (χ3n) is 2.45. The van der Waals surface area contributed by atoms with Gasteiger partial charge in [-0.1, -0.05) is 6.92 Å². The fourth-order valence-electron chi connectivity index (χ4n) is 1.73. The van der Waals surface area contributed by atoms with Gasteiger partial charge in [-0.3, -0.25) is 4.40 Å². The van der Waals surface area contributed by atoms with Gasteiger partial charge in [-0.05, 0) is 6.42 Å². The molecular formula is C11H13N3O3. The van der Waals surface area contributed by atoms with E-state index < -0.39 is 5.97 Å². The molecule has 0 radical (unpaired) electrons. The molecule has 2 rings (SSSR count). The first-order valence-corrected chi connectivity index (χ1v) is 5.25. The number of rotatable bonds is 4. The number of fused-ring (bicyclic) bond motifs is 1. The van der Waals surface area contributed by atoms with Gasteiger partial charge in [-0.2, -0.15) is 0 Å². The van der Waals surface area contributed by atoms with E-state index >= 15 is 0 Å². The van der Waals surface area contributed by atoms with Gasteiger partial charge in [0.05, 0.1) is 12.3 Å². The molecule has 0 bridgehead atoms. The fourth-order valence-corrected chi connectivity index (χ4v) is 1.73. The van der Waals surface area contributed by atoms with Crippen LogP contribution in [-0.2, 0) is 17.8 Å². The minimum atomic E-state index is -0.995. The molecule has 2 aromatic rings. The van der Waals surface area contributed by atoms with Crippen LogP contribution in [0.3, 0.4) is 0 Å². The number of ether oxygens (including phenoxy) is 1. The smallest absolute Gasteiger partial charge is 0.354 e. The van der Waals surface area contributed by atoms with Crippen molar-refractivity contribution in [1.82, 2.24) is 14.4 Å². The summed E-state index contributed by atoms with van der Waals surface area (Å²) in [7, 11) is 1.58. The van der Waals surface area contributed by atoms with E-state index in [0.29, 0.717) is 24.5 Å². The maximum absolute atomic E-state index is 11.2. The molecule has 0 aliphatic carbocycles. The summed E-state index contributed by atoms with van der Waals surface area (Å²) in [6.07, 6.45) is 3.89. The van der Waals surface area contributed by atoms with Crippen LogP contribution in [0.4, 0.5) is 0 Å². The molecule has 0 amide bonds. The number of nitrogens with zero attached hydrogens (tertiary/aromatic N) is 3. The predicted molar refractivity (Wildman–Crippen MR) is 60.0 cm³/mol. The lowest BCUT2D eigenvalue weighted by Gasteiger charge is -2.01. The zero-order valence-electron chi connectivity index (χ0n) is 9.67. The van der Waals surface area contributed by atoms with E-state index in [2.05, 4.69) is 9.97 Å². The highest BCUT2D eigenvalue weighted by Crippen LogP contribution is 2.13. The largest absolute Gasteiger partial charge is 0.477 e. The lowest BCUT2D eigenvalue weighted by atomic mass is 10.2. The molecule has 0 aliphatic heterocycles. The summed E-state index contributed by atoms with van der Waals surface area (Å²) >= 11 is 0. The molecule has 0 spiro atoms. The average molecular weight is 235 g/mol. The van der Waals surface area contributed by atoms with E-state index in [1.165, 1.54) is 4.40 Å². The number of carboxylic acids is 1. The Bertz CT molecular complexity index is 562. The SMILES string of the molecule is CCc1nc2ncc(COC)cn2c1C(=O)O. The second-order valence-electron chi connectivity index (χ2n) is 3.63. The summed E-state index contributed by atoms with van der Waals surface area (Å²) in [6.45, 7) is 2.26. The summed E-state index contributed by atoms with van der Waals surface area (Å²) < 4.78 is 6.48. The molecule has 6 heteroatoms. The maximum atomic E-state index is 11.2. The van der Waals surface area contributed by atoms with Crippen LogP contribution < -0.4 is 0 Å². The number of hydrogen-bond donors (Lipinski definition) is 1. The van der Waals surface area contributed by atoms with E-state index in [-0.39, 0.29) is 5.69 Å². The molecule has 1 N–H and O–H groups in total. The molecule has 0 atom stereocenters. The summed E-state index contributed by atoms with van der Waals surface area (Å²) in [4.78, 5) is 19.5. The van der Waals surface area contributed by atoms with Crippen LogP contribution in [0.1, 0.15) is 28.7 Å². The quantitative estimate of drug-likeness (QED) is 0.859. The lowest BCUT2D eigenvalue weighted by Crippen LogP contribution is -2.06. The van der Waals surface area contributed by atoms with E-state index in [1.807, 2.05) is 6.92 Å². The van der Waals surface area contributed by atoms with Crippen LogP contribution >= 0.6 is 0 Å². The van der Waals surface area contributed by atoms with Gasteiger partial charge >= 0.3 is 5.97 Å². The molecule has 0 saturated heterocycles. The Kier molecular flexibility index (Phi) is 3.06. The van der Waals surface area contributed by atoms with Crippen molar-refractivity contribution in [3.63, 3.8) is 0 Å². The van der Waals surface area contributed by atoms with Crippen LogP contribution in [-0.4, -0.2) is 32.6 Å². The minimum Gasteiger partial charge on any atom is -0.477 e. The average Bonchev–Trinajstić information content (AvgIpc) is 2.67. The van der Waals surface area contributed by atoms with Crippen LogP contribution in [0.25, 0.3) is 5.78 Å². The second kappa shape index (κ2) is 4.50. The number of carboxylic acid groups (broad SMARTS) is 1. The van der Waals surface area contributed by atoms with Gasteiger partial charge < -0.3 is 9.84 Å². The number of aromatic nitrogens is 3. The van der Waals surface area contributed by atoms with Gasteiger partial charge in [0.2, 0.25) is 5.78 Å². The monoisotopic (exact) mass is 235 g/mol. The molecule has 0 unspecified atom stereocenters. The maximum Gasteiger partial charge on any atom is 0.354 e. The molecule has 90 valence electrons. The summed E-state index contributed by atoms with van der Waals surface area (Å²) in [6, 6.07) is 0. The van der Waals surface area contributed by atoms with Crippen LogP contribution in [0.2, 0.25) is 0 Å². The van der Waals surface area contributed by atoms with Crippen molar-refractivity contribution in [2.24, 2.45) is 0 Å². The highest BCUT2D eigenvalue weighted by molar-refractivity contribution is 5.88. The molecule has 0 saturated carbocycles. The normalized spacial score (nSPS) is 10.9. The van der Waals surface area contributed by atoms with Crippen molar-refractivity contribution in [2.45, 2.75) is 20.0 Å². The van der Waals surface area contributed by atoms with Crippen LogP contribution in [0.5, 0.6) is 0 Å². The first-order chi connectivity index (χ1) is 8.17. The first-order valence-electron chi connectivity index (χ1n) is 5.25. The second-order valence-corrected chi connectivity index (χ2v) is 3.63. The minimum absolute atomic E-state index is 0.174. The van der Waals surface area contributed by atoms with Gasteiger partial charge in [-0.15, -0.1) is 0 Å². The van der Waals surface area contributed by atoms with E-state index in [4.69, 9.17) is 4.74 Å². The summed E-state index contributed by atoms with van der Waals surface area (Å²) in [5.41, 5.74) is 1.52. The Balaban J connectivity index is 2.65. The molecule has 17 heavy (non-hydrogen) atoms. The van der Waals surface area contributed by atoms with Crippen molar-refractivity contribution in [2.75, 3.05) is 7.11 Å². The highest BCUT2D eigenvalue weighted by atomic mass is 16.5. The van der Waals surface area contributed by atoms with Crippen molar-refractivity contribution >= 4 is 11.7 Å². The van der Waals surface area contributed by atoms with Gasteiger partial charge in [0.1, 0.15) is 0 Å². The fraction of sp³-hybridized carbons (Fsp3) is 0.364. The molecule has 0 aromatic carbocycles. The molecule has 2 heterocycles.